The van der Waals surface area contributed by atoms with Crippen LogP contribution in [0.3, 0.4) is 0 Å². The van der Waals surface area contributed by atoms with Crippen molar-refractivity contribution in [2.45, 2.75) is 56.0 Å². The Morgan fingerprint density at radius 2 is 1.84 bits per heavy atom. The number of rotatable bonds is 8. The van der Waals surface area contributed by atoms with Crippen LogP contribution in [-0.4, -0.2) is 38.3 Å². The number of methoxy groups -OCH3 is 1. The number of nitrogens with one attached hydrogen (secondary N) is 1. The highest BCUT2D eigenvalue weighted by Crippen LogP contribution is 2.32. The van der Waals surface area contributed by atoms with Gasteiger partial charge in [0.1, 0.15) is 5.75 Å². The molecule has 1 aliphatic rings. The minimum Gasteiger partial charge on any atom is -0.495 e. The molecule has 1 atom stereocenters. The first-order valence-corrected chi connectivity index (χ1v) is 13.2. The average Bonchev–Trinajstić information content (AvgIpc) is 2.78. The molecule has 1 fully saturated rings. The zero-order valence-electron chi connectivity index (χ0n) is 18.2. The van der Waals surface area contributed by atoms with E-state index in [0.29, 0.717) is 5.75 Å². The van der Waals surface area contributed by atoms with Gasteiger partial charge in [-0.25, -0.2) is 8.42 Å². The second kappa shape index (κ2) is 11.0. The Labute approximate surface area is 203 Å². The molecular formula is C23H28BrClN2O4S. The van der Waals surface area contributed by atoms with Gasteiger partial charge < -0.3 is 10.1 Å². The number of sulfonamides is 1. The predicted octanol–water partition coefficient (Wildman–Crippen LogP) is 5.31. The van der Waals surface area contributed by atoms with E-state index < -0.39 is 10.0 Å². The topological polar surface area (TPSA) is 75.7 Å². The number of ether oxygens (including phenoxy) is 1. The van der Waals surface area contributed by atoms with Crippen molar-refractivity contribution in [3.05, 3.63) is 57.5 Å². The van der Waals surface area contributed by atoms with Crippen LogP contribution in [-0.2, 0) is 14.8 Å². The van der Waals surface area contributed by atoms with Crippen LogP contribution >= 0.6 is 27.5 Å². The van der Waals surface area contributed by atoms with Crippen molar-refractivity contribution in [2.24, 2.45) is 0 Å². The van der Waals surface area contributed by atoms with Crippen LogP contribution in [0.25, 0.3) is 0 Å². The van der Waals surface area contributed by atoms with E-state index >= 15 is 0 Å². The van der Waals surface area contributed by atoms with Gasteiger partial charge in [0.05, 0.1) is 29.6 Å². The number of carbonyl (C=O) groups excluding carboxylic acids is 1. The third-order valence-electron chi connectivity index (χ3n) is 5.76. The Morgan fingerprint density at radius 3 is 2.44 bits per heavy atom. The monoisotopic (exact) mass is 542 g/mol. The van der Waals surface area contributed by atoms with Crippen LogP contribution in [0.4, 0.5) is 0 Å². The zero-order chi connectivity index (χ0) is 23.3. The van der Waals surface area contributed by atoms with Crippen molar-refractivity contribution in [3.63, 3.8) is 0 Å². The maximum absolute atomic E-state index is 13.6. The van der Waals surface area contributed by atoms with Gasteiger partial charge in [-0.2, -0.15) is 4.31 Å². The second-order valence-electron chi connectivity index (χ2n) is 7.98. The summed E-state index contributed by atoms with van der Waals surface area (Å²) in [7, 11) is -2.45. The van der Waals surface area contributed by atoms with Gasteiger partial charge in [0.25, 0.3) is 0 Å². The molecule has 9 heteroatoms. The maximum atomic E-state index is 13.6. The molecule has 174 valence electrons. The van der Waals surface area contributed by atoms with Gasteiger partial charge in [0.2, 0.25) is 15.9 Å². The highest BCUT2D eigenvalue weighted by molar-refractivity contribution is 9.10. The molecule has 0 radical (unpaired) electrons. The Hall–Kier alpha value is -1.61. The third kappa shape index (κ3) is 6.04. The van der Waals surface area contributed by atoms with Crippen LogP contribution in [0.15, 0.2) is 51.8 Å². The molecule has 3 rings (SSSR count). The highest BCUT2D eigenvalue weighted by atomic mass is 79.9. The van der Waals surface area contributed by atoms with Crippen molar-refractivity contribution in [2.75, 3.05) is 13.7 Å². The van der Waals surface area contributed by atoms with Crippen molar-refractivity contribution < 1.29 is 17.9 Å². The van der Waals surface area contributed by atoms with Gasteiger partial charge in [-0.05, 0) is 55.7 Å². The molecule has 1 saturated carbocycles. The lowest BCUT2D eigenvalue weighted by Crippen LogP contribution is -2.47. The summed E-state index contributed by atoms with van der Waals surface area (Å²) in [5.41, 5.74) is 0.940. The molecule has 0 aromatic heterocycles. The molecule has 0 spiro atoms. The summed E-state index contributed by atoms with van der Waals surface area (Å²) in [6, 6.07) is 11.6. The van der Waals surface area contributed by atoms with Crippen LogP contribution < -0.4 is 10.1 Å². The van der Waals surface area contributed by atoms with Crippen molar-refractivity contribution in [3.8, 4) is 5.75 Å². The van der Waals surface area contributed by atoms with E-state index in [1.807, 2.05) is 31.2 Å². The molecule has 1 N–H and O–H groups in total. The Morgan fingerprint density at radius 1 is 1.19 bits per heavy atom. The smallest absolute Gasteiger partial charge is 0.243 e. The fraction of sp³-hybridized carbons (Fsp3) is 0.435. The number of hydrogen-bond donors (Lipinski definition) is 1. The Bertz CT molecular complexity index is 1040. The molecule has 2 aromatic carbocycles. The summed E-state index contributed by atoms with van der Waals surface area (Å²) in [5.74, 6) is 0.0603. The molecule has 0 aliphatic heterocycles. The summed E-state index contributed by atoms with van der Waals surface area (Å²) < 4.78 is 34.5. The summed E-state index contributed by atoms with van der Waals surface area (Å²) in [4.78, 5) is 13.0. The van der Waals surface area contributed by atoms with Gasteiger partial charge in [0, 0.05) is 10.5 Å². The van der Waals surface area contributed by atoms with Crippen LogP contribution in [0.1, 0.15) is 50.6 Å². The van der Waals surface area contributed by atoms with E-state index in [0.717, 1.165) is 42.1 Å². The normalized spacial score (nSPS) is 16.0. The zero-order valence-corrected chi connectivity index (χ0v) is 21.3. The number of benzene rings is 2. The minimum absolute atomic E-state index is 0.0580. The average molecular weight is 544 g/mol. The lowest BCUT2D eigenvalue weighted by molar-refractivity contribution is -0.122. The molecule has 1 amide bonds. The van der Waals surface area contributed by atoms with E-state index in [2.05, 4.69) is 21.2 Å². The molecule has 2 aromatic rings. The summed E-state index contributed by atoms with van der Waals surface area (Å²) >= 11 is 9.59. The lowest BCUT2D eigenvalue weighted by atomic mass is 9.95. The third-order valence-corrected chi connectivity index (χ3v) is 8.48. The lowest BCUT2D eigenvalue weighted by Gasteiger charge is -2.33. The van der Waals surface area contributed by atoms with Gasteiger partial charge in [-0.3, -0.25) is 4.79 Å². The number of carbonyl (C=O) groups is 1. The van der Waals surface area contributed by atoms with E-state index in [4.69, 9.17) is 16.3 Å². The molecule has 0 bridgehead atoms. The number of nitrogens with zero attached hydrogens (tertiary/aromatic N) is 1. The first kappa shape index (κ1) is 25.0. The van der Waals surface area contributed by atoms with Gasteiger partial charge >= 0.3 is 0 Å². The van der Waals surface area contributed by atoms with Crippen molar-refractivity contribution in [1.29, 1.82) is 0 Å². The van der Waals surface area contributed by atoms with E-state index in [1.54, 1.807) is 0 Å². The van der Waals surface area contributed by atoms with E-state index in [-0.39, 0.29) is 34.5 Å². The molecule has 0 saturated heterocycles. The predicted molar refractivity (Wildman–Crippen MR) is 129 cm³/mol. The molecule has 1 aliphatic carbocycles. The first-order chi connectivity index (χ1) is 15.2. The summed E-state index contributed by atoms with van der Waals surface area (Å²) in [6.07, 6.45) is 4.43. The SMILES string of the molecule is COc1ccc(S(=O)(=O)N(CC(=O)N[C@H](C)c2ccc(Br)cc2)C2CCCCC2)cc1Cl. The Kier molecular flexibility index (Phi) is 8.61. The van der Waals surface area contributed by atoms with Gasteiger partial charge in [0.15, 0.2) is 0 Å². The molecule has 6 nitrogen and oxygen atoms in total. The van der Waals surface area contributed by atoms with E-state index in [9.17, 15) is 13.2 Å². The Balaban J connectivity index is 1.83. The summed E-state index contributed by atoms with van der Waals surface area (Å²) in [6.45, 7) is 1.64. The fourth-order valence-electron chi connectivity index (χ4n) is 3.99. The number of hydrogen-bond acceptors (Lipinski definition) is 4. The highest BCUT2D eigenvalue weighted by Gasteiger charge is 2.34. The molecular weight excluding hydrogens is 516 g/mol. The van der Waals surface area contributed by atoms with Crippen molar-refractivity contribution >= 4 is 43.5 Å². The van der Waals surface area contributed by atoms with Gasteiger partial charge in [-0.15, -0.1) is 0 Å². The standard InChI is InChI=1S/C23H28BrClN2O4S/c1-16(17-8-10-18(24)11-9-17)26-23(28)15-27(19-6-4-3-5-7-19)32(29,30)20-12-13-22(31-2)21(25)14-20/h8-14,16,19H,3-7,15H2,1-2H3,(H,26,28)/t16-/m1/s1. The van der Waals surface area contributed by atoms with Crippen molar-refractivity contribution in [1.82, 2.24) is 9.62 Å². The van der Waals surface area contributed by atoms with Crippen LogP contribution in [0, 0.1) is 0 Å². The second-order valence-corrected chi connectivity index (χ2v) is 11.2. The summed E-state index contributed by atoms with van der Waals surface area (Å²) in [5, 5.41) is 3.15. The number of amides is 1. The maximum Gasteiger partial charge on any atom is 0.243 e. The van der Waals surface area contributed by atoms with Crippen LogP contribution in [0.5, 0.6) is 5.75 Å². The quantitative estimate of drug-likeness (QED) is 0.489. The minimum atomic E-state index is -3.92. The number of halogens is 2. The van der Waals surface area contributed by atoms with Gasteiger partial charge in [-0.1, -0.05) is 58.9 Å². The van der Waals surface area contributed by atoms with Crippen LogP contribution in [0.2, 0.25) is 5.02 Å². The molecule has 32 heavy (non-hydrogen) atoms. The first-order valence-electron chi connectivity index (χ1n) is 10.6. The molecule has 0 heterocycles. The molecule has 0 unspecified atom stereocenters. The fourth-order valence-corrected chi connectivity index (χ4v) is 6.24. The largest absolute Gasteiger partial charge is 0.495 e. The van der Waals surface area contributed by atoms with E-state index in [1.165, 1.54) is 29.6 Å².